The average molecular weight is 356 g/mol. The zero-order chi connectivity index (χ0) is 17.3. The van der Waals surface area contributed by atoms with Crippen molar-refractivity contribution in [3.63, 3.8) is 0 Å². The van der Waals surface area contributed by atoms with Crippen molar-refractivity contribution in [2.45, 2.75) is 56.8 Å². The Hall–Kier alpha value is -1.82. The summed E-state index contributed by atoms with van der Waals surface area (Å²) < 4.78 is 6.52. The summed E-state index contributed by atoms with van der Waals surface area (Å²) in [7, 11) is 0. The molecule has 2 aromatic rings. The van der Waals surface area contributed by atoms with Gasteiger partial charge in [-0.15, -0.1) is 10.2 Å². The van der Waals surface area contributed by atoms with Crippen molar-refractivity contribution >= 4 is 17.4 Å². The van der Waals surface area contributed by atoms with Gasteiger partial charge in [0.05, 0.1) is 0 Å². The molecule has 1 aromatic heterocycles. The second-order valence-electron chi connectivity index (χ2n) is 7.07. The molecule has 1 aromatic carbocycles. The van der Waals surface area contributed by atoms with Crippen LogP contribution in [0.25, 0.3) is 11.3 Å². The number of benzene rings is 1. The predicted octanol–water partition coefficient (Wildman–Crippen LogP) is 4.75. The minimum absolute atomic E-state index is 0.401. The molecule has 4 rings (SSSR count). The van der Waals surface area contributed by atoms with Crippen molar-refractivity contribution in [3.8, 4) is 17.1 Å². The van der Waals surface area contributed by atoms with Crippen LogP contribution in [-0.2, 0) is 0 Å². The summed E-state index contributed by atoms with van der Waals surface area (Å²) in [5, 5.41) is 13.2. The molecule has 2 aliphatic rings. The molecule has 0 bridgehead atoms. The monoisotopic (exact) mass is 356 g/mol. The molecule has 1 aliphatic carbocycles. The van der Waals surface area contributed by atoms with Gasteiger partial charge in [-0.3, -0.25) is 0 Å². The number of para-hydroxylation sites is 1. The summed E-state index contributed by atoms with van der Waals surface area (Å²) >= 11 is 1.63. The number of thioether (sulfide) groups is 1. The van der Waals surface area contributed by atoms with Crippen molar-refractivity contribution in [2.75, 3.05) is 11.1 Å². The van der Waals surface area contributed by atoms with Crippen molar-refractivity contribution < 1.29 is 4.74 Å². The highest BCUT2D eigenvalue weighted by Gasteiger charge is 2.41. The van der Waals surface area contributed by atoms with Gasteiger partial charge in [-0.2, -0.15) is 4.98 Å². The van der Waals surface area contributed by atoms with Crippen LogP contribution in [0, 0.1) is 5.92 Å². The molecule has 1 spiro atoms. The molecule has 1 aliphatic heterocycles. The molecule has 2 atom stereocenters. The van der Waals surface area contributed by atoms with E-state index < -0.39 is 5.72 Å². The van der Waals surface area contributed by atoms with Crippen LogP contribution in [0.1, 0.15) is 46.0 Å². The number of aromatic nitrogens is 3. The van der Waals surface area contributed by atoms with Crippen LogP contribution in [0.15, 0.2) is 29.4 Å². The molecule has 132 valence electrons. The largest absolute Gasteiger partial charge is 0.449 e. The van der Waals surface area contributed by atoms with E-state index in [-0.39, 0.29) is 0 Å². The van der Waals surface area contributed by atoms with E-state index in [0.717, 1.165) is 48.4 Å². The van der Waals surface area contributed by atoms with Gasteiger partial charge in [0.25, 0.3) is 0 Å². The molecule has 0 saturated heterocycles. The van der Waals surface area contributed by atoms with Gasteiger partial charge in [-0.05, 0) is 24.8 Å². The first kappa shape index (κ1) is 16.6. The maximum atomic E-state index is 6.52. The molecule has 1 N–H and O–H groups in total. The van der Waals surface area contributed by atoms with Crippen LogP contribution < -0.4 is 10.1 Å². The molecule has 0 unspecified atom stereocenters. The van der Waals surface area contributed by atoms with E-state index in [1.807, 2.05) is 12.1 Å². The minimum Gasteiger partial charge on any atom is -0.449 e. The summed E-state index contributed by atoms with van der Waals surface area (Å²) in [5.41, 5.74) is 2.40. The van der Waals surface area contributed by atoms with Gasteiger partial charge in [0.1, 0.15) is 0 Å². The lowest BCUT2D eigenvalue weighted by atomic mass is 9.84. The standard InChI is InChI=1S/C19H24N4OS/c1-3-11-25-18-20-17-16(22-23-18)14-8-4-5-9-15(14)21-19(24-17)10-6-7-13(2)12-19/h4-5,8-9,13,21H,3,6-7,10-12H2,1-2H3/t13-,19+/m0/s1. The van der Waals surface area contributed by atoms with E-state index >= 15 is 0 Å². The Labute approximate surface area is 153 Å². The van der Waals surface area contributed by atoms with Crippen LogP contribution in [0.5, 0.6) is 5.88 Å². The first-order valence-corrected chi connectivity index (χ1v) is 10.1. The highest BCUT2D eigenvalue weighted by atomic mass is 32.2. The third-order valence-corrected chi connectivity index (χ3v) is 5.91. The van der Waals surface area contributed by atoms with Gasteiger partial charge >= 0.3 is 0 Å². The molecular formula is C19H24N4OS. The smallest absolute Gasteiger partial charge is 0.247 e. The van der Waals surface area contributed by atoms with Crippen LogP contribution >= 0.6 is 11.8 Å². The lowest BCUT2D eigenvalue weighted by molar-refractivity contribution is 0.0343. The number of nitrogens with one attached hydrogen (secondary N) is 1. The van der Waals surface area contributed by atoms with Crippen LogP contribution in [-0.4, -0.2) is 26.7 Å². The number of rotatable bonds is 3. The van der Waals surface area contributed by atoms with E-state index in [9.17, 15) is 0 Å². The number of anilines is 1. The average Bonchev–Trinajstić information content (AvgIpc) is 2.73. The number of hydrogen-bond acceptors (Lipinski definition) is 6. The third kappa shape index (κ3) is 3.32. The third-order valence-electron chi connectivity index (χ3n) is 4.86. The van der Waals surface area contributed by atoms with E-state index in [0.29, 0.717) is 17.0 Å². The van der Waals surface area contributed by atoms with Gasteiger partial charge in [0, 0.05) is 29.8 Å². The maximum absolute atomic E-state index is 6.52. The summed E-state index contributed by atoms with van der Waals surface area (Å²) in [5.74, 6) is 2.22. The lowest BCUT2D eigenvalue weighted by Gasteiger charge is -2.40. The normalized spacial score (nSPS) is 24.6. The fraction of sp³-hybridized carbons (Fsp3) is 0.526. The van der Waals surface area contributed by atoms with Gasteiger partial charge in [-0.1, -0.05) is 50.2 Å². The number of ether oxygens (including phenoxy) is 1. The Morgan fingerprint density at radius 3 is 3.04 bits per heavy atom. The van der Waals surface area contributed by atoms with Crippen LogP contribution in [0.4, 0.5) is 5.69 Å². The second-order valence-corrected chi connectivity index (χ2v) is 8.13. The van der Waals surface area contributed by atoms with E-state index in [2.05, 4.69) is 41.5 Å². The Morgan fingerprint density at radius 2 is 2.20 bits per heavy atom. The molecule has 0 radical (unpaired) electrons. The molecule has 25 heavy (non-hydrogen) atoms. The molecule has 2 heterocycles. The zero-order valence-electron chi connectivity index (χ0n) is 14.8. The van der Waals surface area contributed by atoms with E-state index in [1.165, 1.54) is 6.42 Å². The molecule has 1 saturated carbocycles. The molecular weight excluding hydrogens is 332 g/mol. The second kappa shape index (κ2) is 6.83. The van der Waals surface area contributed by atoms with Crippen LogP contribution in [0.2, 0.25) is 0 Å². The van der Waals surface area contributed by atoms with Crippen molar-refractivity contribution in [2.24, 2.45) is 5.92 Å². The number of hydrogen-bond donors (Lipinski definition) is 1. The van der Waals surface area contributed by atoms with Crippen molar-refractivity contribution in [1.29, 1.82) is 0 Å². The summed E-state index contributed by atoms with van der Waals surface area (Å²) in [6.07, 6.45) is 5.44. The van der Waals surface area contributed by atoms with Gasteiger partial charge in [0.2, 0.25) is 11.0 Å². The molecule has 5 nitrogen and oxygen atoms in total. The predicted molar refractivity (Wildman–Crippen MR) is 101 cm³/mol. The van der Waals surface area contributed by atoms with Gasteiger partial charge < -0.3 is 10.1 Å². The fourth-order valence-corrected chi connectivity index (χ4v) is 4.39. The Bertz CT molecular complexity index is 769. The summed E-state index contributed by atoms with van der Waals surface area (Å²) in [6, 6.07) is 8.22. The first-order valence-electron chi connectivity index (χ1n) is 9.13. The van der Waals surface area contributed by atoms with Crippen molar-refractivity contribution in [1.82, 2.24) is 15.2 Å². The summed E-state index contributed by atoms with van der Waals surface area (Å²) in [4.78, 5) is 4.71. The zero-order valence-corrected chi connectivity index (χ0v) is 15.6. The maximum Gasteiger partial charge on any atom is 0.247 e. The van der Waals surface area contributed by atoms with Gasteiger partial charge in [-0.25, -0.2) is 0 Å². The number of nitrogens with zero attached hydrogens (tertiary/aromatic N) is 3. The van der Waals surface area contributed by atoms with E-state index in [4.69, 9.17) is 9.72 Å². The highest BCUT2D eigenvalue weighted by molar-refractivity contribution is 7.99. The summed E-state index contributed by atoms with van der Waals surface area (Å²) in [6.45, 7) is 4.45. The topological polar surface area (TPSA) is 59.9 Å². The Kier molecular flexibility index (Phi) is 4.54. The Balaban J connectivity index is 1.79. The number of fused-ring (bicyclic) bond motifs is 3. The minimum atomic E-state index is -0.401. The first-order chi connectivity index (χ1) is 12.2. The van der Waals surface area contributed by atoms with Gasteiger partial charge in [0.15, 0.2) is 11.4 Å². The molecule has 6 heteroatoms. The van der Waals surface area contributed by atoms with Crippen molar-refractivity contribution in [3.05, 3.63) is 24.3 Å². The van der Waals surface area contributed by atoms with Crippen LogP contribution in [0.3, 0.4) is 0 Å². The highest BCUT2D eigenvalue weighted by Crippen LogP contribution is 2.44. The molecule has 1 fully saturated rings. The Morgan fingerprint density at radius 1 is 1.32 bits per heavy atom. The fourth-order valence-electron chi connectivity index (χ4n) is 3.76. The lowest BCUT2D eigenvalue weighted by Crippen LogP contribution is -2.47. The quantitative estimate of drug-likeness (QED) is 0.801. The van der Waals surface area contributed by atoms with E-state index in [1.54, 1.807) is 11.8 Å². The molecule has 0 amide bonds. The SMILES string of the molecule is CCCSc1nnc2c(n1)O[C@@]1(CCC[C@H](C)C1)Nc1ccccc1-2.